The van der Waals surface area contributed by atoms with Gasteiger partial charge in [0.25, 0.3) is 5.91 Å². The summed E-state index contributed by atoms with van der Waals surface area (Å²) in [6.07, 6.45) is 1.59. The van der Waals surface area contributed by atoms with E-state index in [9.17, 15) is 14.4 Å². The Kier molecular flexibility index (Phi) is 6.17. The van der Waals surface area contributed by atoms with E-state index in [2.05, 4.69) is 10.2 Å². The van der Waals surface area contributed by atoms with Gasteiger partial charge < -0.3 is 15.1 Å². The van der Waals surface area contributed by atoms with Crippen molar-refractivity contribution in [2.45, 2.75) is 6.92 Å². The second-order valence-corrected chi connectivity index (χ2v) is 7.00. The molecule has 0 unspecified atom stereocenters. The number of rotatable bonds is 4. The molecule has 0 saturated carbocycles. The number of hydrogen-bond acceptors (Lipinski definition) is 4. The van der Waals surface area contributed by atoms with Gasteiger partial charge in [-0.1, -0.05) is 17.7 Å². The Bertz CT molecular complexity index is 928. The summed E-state index contributed by atoms with van der Waals surface area (Å²) in [5.41, 5.74) is 2.44. The van der Waals surface area contributed by atoms with E-state index in [1.54, 1.807) is 30.5 Å². The SMILES string of the molecule is Cc1ccc(Cl)cc1NC(=O)/C(C#N)=C\N1CCN(c2ccc(F)cc2)CC1. The van der Waals surface area contributed by atoms with Crippen LogP contribution in [0.4, 0.5) is 15.8 Å². The van der Waals surface area contributed by atoms with Crippen LogP contribution in [0.1, 0.15) is 5.56 Å². The fraction of sp³-hybridized carbons (Fsp3) is 0.238. The summed E-state index contributed by atoms with van der Waals surface area (Å²) >= 11 is 5.98. The summed E-state index contributed by atoms with van der Waals surface area (Å²) in [7, 11) is 0. The van der Waals surface area contributed by atoms with Crippen LogP contribution in [0, 0.1) is 24.1 Å². The minimum absolute atomic E-state index is 0.0367. The Morgan fingerprint density at radius 2 is 1.86 bits per heavy atom. The van der Waals surface area contributed by atoms with Crippen molar-refractivity contribution in [2.24, 2.45) is 0 Å². The Morgan fingerprint density at radius 3 is 2.50 bits per heavy atom. The molecule has 7 heteroatoms. The highest BCUT2D eigenvalue weighted by Crippen LogP contribution is 2.21. The number of anilines is 2. The van der Waals surface area contributed by atoms with E-state index in [-0.39, 0.29) is 11.4 Å². The van der Waals surface area contributed by atoms with Crippen molar-refractivity contribution in [1.82, 2.24) is 4.90 Å². The number of nitrogens with zero attached hydrogens (tertiary/aromatic N) is 3. The van der Waals surface area contributed by atoms with Crippen molar-refractivity contribution >= 4 is 28.9 Å². The number of benzene rings is 2. The first kappa shape index (κ1) is 19.7. The zero-order valence-corrected chi connectivity index (χ0v) is 16.2. The van der Waals surface area contributed by atoms with Crippen LogP contribution >= 0.6 is 11.6 Å². The second-order valence-electron chi connectivity index (χ2n) is 6.57. The number of carbonyl (C=O) groups excluding carboxylic acids is 1. The molecule has 0 radical (unpaired) electrons. The van der Waals surface area contributed by atoms with Crippen LogP contribution in [0.2, 0.25) is 5.02 Å². The zero-order chi connectivity index (χ0) is 20.1. The average Bonchev–Trinajstić information content (AvgIpc) is 2.70. The molecule has 0 atom stereocenters. The van der Waals surface area contributed by atoms with E-state index in [0.29, 0.717) is 23.8 Å². The van der Waals surface area contributed by atoms with E-state index in [1.807, 2.05) is 24.0 Å². The summed E-state index contributed by atoms with van der Waals surface area (Å²) in [6, 6.07) is 13.6. The lowest BCUT2D eigenvalue weighted by Crippen LogP contribution is -2.44. The van der Waals surface area contributed by atoms with Crippen LogP contribution in [-0.2, 0) is 4.79 Å². The quantitative estimate of drug-likeness (QED) is 0.625. The van der Waals surface area contributed by atoms with Crippen molar-refractivity contribution in [3.8, 4) is 6.07 Å². The molecule has 0 aliphatic carbocycles. The molecule has 0 bridgehead atoms. The molecule has 0 spiro atoms. The molecule has 0 aromatic heterocycles. The number of piperazine rings is 1. The maximum atomic E-state index is 13.1. The molecular formula is C21H20ClFN4O. The number of hydrogen-bond donors (Lipinski definition) is 1. The van der Waals surface area contributed by atoms with Crippen LogP contribution in [-0.4, -0.2) is 37.0 Å². The highest BCUT2D eigenvalue weighted by molar-refractivity contribution is 6.31. The highest BCUT2D eigenvalue weighted by atomic mass is 35.5. The molecular weight excluding hydrogens is 379 g/mol. The van der Waals surface area contributed by atoms with E-state index in [4.69, 9.17) is 11.6 Å². The summed E-state index contributed by atoms with van der Waals surface area (Å²) in [5, 5.41) is 12.7. The third-order valence-electron chi connectivity index (χ3n) is 4.63. The van der Waals surface area contributed by atoms with Gasteiger partial charge >= 0.3 is 0 Å². The minimum Gasteiger partial charge on any atom is -0.373 e. The van der Waals surface area contributed by atoms with Gasteiger partial charge in [0.05, 0.1) is 0 Å². The third-order valence-corrected chi connectivity index (χ3v) is 4.87. The van der Waals surface area contributed by atoms with Crippen LogP contribution in [0.15, 0.2) is 54.2 Å². The predicted octanol–water partition coefficient (Wildman–Crippen LogP) is 3.96. The van der Waals surface area contributed by atoms with E-state index in [1.165, 1.54) is 12.1 Å². The predicted molar refractivity (Wildman–Crippen MR) is 109 cm³/mol. The molecule has 5 nitrogen and oxygen atoms in total. The Labute approximate surface area is 168 Å². The van der Waals surface area contributed by atoms with E-state index >= 15 is 0 Å². The number of nitrogens with one attached hydrogen (secondary N) is 1. The first-order chi connectivity index (χ1) is 13.5. The molecule has 1 aliphatic rings. The largest absolute Gasteiger partial charge is 0.373 e. The van der Waals surface area contributed by atoms with Crippen LogP contribution in [0.25, 0.3) is 0 Å². The molecule has 1 amide bonds. The number of halogens is 2. The van der Waals surface area contributed by atoms with Crippen LogP contribution in [0.3, 0.4) is 0 Å². The highest BCUT2D eigenvalue weighted by Gasteiger charge is 2.18. The molecule has 1 fully saturated rings. The summed E-state index contributed by atoms with van der Waals surface area (Å²) in [4.78, 5) is 16.6. The molecule has 1 N–H and O–H groups in total. The smallest absolute Gasteiger partial charge is 0.267 e. The van der Waals surface area contributed by atoms with Gasteiger partial charge in [0.2, 0.25) is 0 Å². The summed E-state index contributed by atoms with van der Waals surface area (Å²) in [5.74, 6) is -0.723. The normalized spacial score (nSPS) is 14.6. The van der Waals surface area contributed by atoms with Crippen LogP contribution in [0.5, 0.6) is 0 Å². The van der Waals surface area contributed by atoms with Gasteiger partial charge in [-0.25, -0.2) is 4.39 Å². The van der Waals surface area contributed by atoms with Gasteiger partial charge in [-0.3, -0.25) is 4.79 Å². The number of amides is 1. The monoisotopic (exact) mass is 398 g/mol. The zero-order valence-electron chi connectivity index (χ0n) is 15.5. The van der Waals surface area contributed by atoms with Crippen LogP contribution < -0.4 is 10.2 Å². The van der Waals surface area contributed by atoms with Crippen molar-refractivity contribution in [1.29, 1.82) is 5.26 Å². The Hall–Kier alpha value is -3.04. The maximum Gasteiger partial charge on any atom is 0.267 e. The van der Waals surface area contributed by atoms with Crippen molar-refractivity contribution in [3.05, 3.63) is 70.6 Å². The Morgan fingerprint density at radius 1 is 1.18 bits per heavy atom. The third kappa shape index (κ3) is 4.81. The maximum absolute atomic E-state index is 13.1. The van der Waals surface area contributed by atoms with E-state index < -0.39 is 5.91 Å². The summed E-state index contributed by atoms with van der Waals surface area (Å²) < 4.78 is 13.1. The lowest BCUT2D eigenvalue weighted by molar-refractivity contribution is -0.112. The standard InChI is InChI=1S/C21H20ClFN4O/c1-15-2-3-17(22)12-20(15)25-21(28)16(13-24)14-26-8-10-27(11-9-26)19-6-4-18(23)5-7-19/h2-7,12,14H,8-11H2,1H3,(H,25,28)/b16-14-. The molecule has 1 saturated heterocycles. The van der Waals surface area contributed by atoms with Gasteiger partial charge in [-0.05, 0) is 48.9 Å². The van der Waals surface area contributed by atoms with Gasteiger partial charge in [-0.2, -0.15) is 5.26 Å². The average molecular weight is 399 g/mol. The lowest BCUT2D eigenvalue weighted by Gasteiger charge is -2.35. The topological polar surface area (TPSA) is 59.4 Å². The first-order valence-corrected chi connectivity index (χ1v) is 9.28. The van der Waals surface area contributed by atoms with Crippen molar-refractivity contribution in [2.75, 3.05) is 36.4 Å². The van der Waals surface area contributed by atoms with Gasteiger partial charge in [0.1, 0.15) is 17.5 Å². The Balaban J connectivity index is 1.63. The number of nitriles is 1. The molecule has 2 aromatic rings. The number of aryl methyl sites for hydroxylation is 1. The van der Waals surface area contributed by atoms with Crippen molar-refractivity contribution < 1.29 is 9.18 Å². The first-order valence-electron chi connectivity index (χ1n) is 8.90. The van der Waals surface area contributed by atoms with Gasteiger partial charge in [0, 0.05) is 48.8 Å². The van der Waals surface area contributed by atoms with Gasteiger partial charge in [0.15, 0.2) is 0 Å². The molecule has 1 aliphatic heterocycles. The molecule has 28 heavy (non-hydrogen) atoms. The molecule has 1 heterocycles. The minimum atomic E-state index is -0.464. The van der Waals surface area contributed by atoms with Crippen molar-refractivity contribution in [3.63, 3.8) is 0 Å². The summed E-state index contributed by atoms with van der Waals surface area (Å²) in [6.45, 7) is 4.61. The number of carbonyl (C=O) groups is 1. The molecule has 2 aromatic carbocycles. The molecule has 3 rings (SSSR count). The van der Waals surface area contributed by atoms with Gasteiger partial charge in [-0.15, -0.1) is 0 Å². The second kappa shape index (κ2) is 8.77. The van der Waals surface area contributed by atoms with E-state index in [0.717, 1.165) is 24.3 Å². The lowest BCUT2D eigenvalue weighted by atomic mass is 10.2. The fourth-order valence-electron chi connectivity index (χ4n) is 3.00. The fourth-order valence-corrected chi connectivity index (χ4v) is 3.17. The molecule has 144 valence electrons.